The number of hydrogen-bond donors (Lipinski definition) is 0. The van der Waals surface area contributed by atoms with Gasteiger partial charge in [0.1, 0.15) is 22.5 Å². The van der Waals surface area contributed by atoms with Crippen molar-refractivity contribution in [2.45, 2.75) is 103 Å². The van der Waals surface area contributed by atoms with Gasteiger partial charge in [-0.25, -0.2) is 9.18 Å². The molecule has 0 aliphatic carbocycles. The van der Waals surface area contributed by atoms with Gasteiger partial charge >= 0.3 is 18.1 Å². The fourth-order valence-electron chi connectivity index (χ4n) is 6.20. The van der Waals surface area contributed by atoms with Gasteiger partial charge in [-0.15, -0.1) is 0 Å². The Morgan fingerprint density at radius 3 is 2.21 bits per heavy atom. The first-order valence-corrected chi connectivity index (χ1v) is 17.9. The maximum absolute atomic E-state index is 14.8. The predicted octanol–water partition coefficient (Wildman–Crippen LogP) is 7.00. The third-order valence-electron chi connectivity index (χ3n) is 8.19. The van der Waals surface area contributed by atoms with Crippen molar-refractivity contribution in [2.24, 2.45) is 0 Å². The van der Waals surface area contributed by atoms with Crippen LogP contribution in [-0.4, -0.2) is 108 Å². The van der Waals surface area contributed by atoms with Crippen LogP contribution in [0.4, 0.5) is 15.0 Å². The number of halogens is 3. The molecular formula is C34H50BrClFN5O6. The molecule has 1 aromatic carbocycles. The molecule has 1 amide bonds. The molecule has 3 saturated heterocycles. The summed E-state index contributed by atoms with van der Waals surface area (Å²) in [5.41, 5.74) is -0.812. The van der Waals surface area contributed by atoms with Crippen LogP contribution in [0, 0.1) is 5.82 Å². The number of piperazine rings is 1. The molecule has 3 aliphatic rings. The lowest BCUT2D eigenvalue weighted by Gasteiger charge is -2.42. The monoisotopic (exact) mass is 757 g/mol. The molecule has 0 spiro atoms. The minimum absolute atomic E-state index is 0.00891. The first-order valence-electron chi connectivity index (χ1n) is 16.7. The van der Waals surface area contributed by atoms with Gasteiger partial charge in [-0.1, -0.05) is 11.6 Å². The number of nitrogens with zero attached hydrogens (tertiary/aromatic N) is 5. The fraction of sp³-hybridized carbons (Fsp3) is 0.706. The third-order valence-corrected chi connectivity index (χ3v) is 9.49. The molecule has 11 nitrogen and oxygen atoms in total. The summed E-state index contributed by atoms with van der Waals surface area (Å²) in [5, 5.41) is 0.747. The highest BCUT2D eigenvalue weighted by Gasteiger charge is 2.45. The van der Waals surface area contributed by atoms with E-state index in [-0.39, 0.29) is 45.2 Å². The fourth-order valence-corrected chi connectivity index (χ4v) is 6.70. The molecular weight excluding hydrogens is 709 g/mol. The second-order valence-electron chi connectivity index (χ2n) is 14.4. The van der Waals surface area contributed by atoms with Crippen molar-refractivity contribution in [3.05, 3.63) is 21.4 Å². The van der Waals surface area contributed by atoms with E-state index in [1.54, 1.807) is 6.07 Å². The van der Waals surface area contributed by atoms with E-state index in [9.17, 15) is 14.0 Å². The Balaban J connectivity index is 0.000000248. The zero-order valence-corrected chi connectivity index (χ0v) is 31.6. The number of carbonyl (C=O) groups excluding carboxylic acids is 2. The van der Waals surface area contributed by atoms with Crippen molar-refractivity contribution in [3.8, 4) is 6.01 Å². The Kier molecular flexibility index (Phi) is 13.2. The van der Waals surface area contributed by atoms with Crippen LogP contribution in [0.5, 0.6) is 6.01 Å². The summed E-state index contributed by atoms with van der Waals surface area (Å²) in [6, 6.07) is 1.71. The molecule has 2 aromatic rings. The molecule has 2 bridgehead atoms. The maximum atomic E-state index is 14.8. The van der Waals surface area contributed by atoms with Gasteiger partial charge in [0.15, 0.2) is 5.82 Å². The molecule has 1 aromatic heterocycles. The normalized spacial score (nSPS) is 19.7. The number of hydrogen-bond acceptors (Lipinski definition) is 10. The quantitative estimate of drug-likeness (QED) is 0.151. The number of carbonyl (C=O) groups is 2. The zero-order valence-electron chi connectivity index (χ0n) is 29.2. The minimum Gasteiger partial charge on any atom is -0.467 e. The Hall–Kier alpha value is -2.48. The van der Waals surface area contributed by atoms with Crippen LogP contribution >= 0.6 is 27.5 Å². The van der Waals surface area contributed by atoms with Gasteiger partial charge in [-0.3, -0.25) is 9.69 Å². The molecule has 48 heavy (non-hydrogen) atoms. The molecule has 3 fully saturated rings. The van der Waals surface area contributed by atoms with E-state index in [1.807, 2.05) is 46.4 Å². The van der Waals surface area contributed by atoms with E-state index >= 15 is 0 Å². The number of methoxy groups -OCH3 is 1. The number of benzene rings is 1. The lowest BCUT2D eigenvalue weighted by Crippen LogP contribution is -2.57. The summed E-state index contributed by atoms with van der Waals surface area (Å²) in [6.07, 6.45) is 5.52. The Morgan fingerprint density at radius 1 is 1.00 bits per heavy atom. The van der Waals surface area contributed by atoms with Crippen LogP contribution < -0.4 is 9.64 Å². The second-order valence-corrected chi connectivity index (χ2v) is 15.6. The number of fused-ring (bicyclic) bond motifs is 3. The summed E-state index contributed by atoms with van der Waals surface area (Å²) in [6.45, 7) is 17.1. The molecule has 0 saturated carbocycles. The lowest BCUT2D eigenvalue weighted by atomic mass is 10.1. The molecule has 5 rings (SSSR count). The van der Waals surface area contributed by atoms with Crippen molar-refractivity contribution in [2.75, 3.05) is 57.9 Å². The van der Waals surface area contributed by atoms with E-state index in [0.717, 1.165) is 32.4 Å². The number of ether oxygens (including phenoxy) is 4. The predicted molar refractivity (Wildman–Crippen MR) is 187 cm³/mol. The Morgan fingerprint density at radius 2 is 1.62 bits per heavy atom. The SMILES string of the molecule is CC(C)(C)OC(=O)CCOCCCN1CCCC1.COc1nc(N2CC3CCC(C2)N3C(=O)OC(C)(C)C)c2cc(Cl)c(Br)c(F)c2n1. The standard InChI is InChI=1S/C20H23BrClFN4O3.C14H27NO3/c1-20(2,3)30-19(28)27-10-5-6-11(27)9-26(8-10)17-12-7-13(22)14(21)15(23)16(12)24-18(25-17)29-4;1-14(2,3)18-13(16)7-12-17-11-6-10-15-8-4-5-9-15/h7,10-11H,5-6,8-9H2,1-4H3;4-12H2,1-3H3. The first kappa shape index (κ1) is 38.3. The summed E-state index contributed by atoms with van der Waals surface area (Å²) in [5.74, 6) is -0.192. The topological polar surface area (TPSA) is 107 Å². The van der Waals surface area contributed by atoms with Gasteiger partial charge in [0, 0.05) is 31.6 Å². The van der Waals surface area contributed by atoms with Gasteiger partial charge in [-0.05, 0) is 109 Å². The van der Waals surface area contributed by atoms with Crippen molar-refractivity contribution in [3.63, 3.8) is 0 Å². The molecule has 0 radical (unpaired) electrons. The van der Waals surface area contributed by atoms with Crippen molar-refractivity contribution >= 4 is 56.3 Å². The van der Waals surface area contributed by atoms with E-state index in [2.05, 4.69) is 35.7 Å². The van der Waals surface area contributed by atoms with Gasteiger partial charge in [0.05, 0.1) is 41.7 Å². The molecule has 2 atom stereocenters. The number of rotatable bonds is 9. The number of amides is 1. The molecule has 4 heterocycles. The van der Waals surface area contributed by atoms with Crippen LogP contribution in [0.2, 0.25) is 5.02 Å². The van der Waals surface area contributed by atoms with Crippen molar-refractivity contribution < 1.29 is 32.9 Å². The van der Waals surface area contributed by atoms with Gasteiger partial charge in [0.25, 0.3) is 0 Å². The van der Waals surface area contributed by atoms with Crippen LogP contribution in [-0.2, 0) is 19.0 Å². The lowest BCUT2D eigenvalue weighted by molar-refractivity contribution is -0.156. The average Bonchev–Trinajstić information content (AvgIpc) is 3.61. The maximum Gasteiger partial charge on any atom is 0.410 e. The van der Waals surface area contributed by atoms with Crippen LogP contribution in [0.15, 0.2) is 10.5 Å². The number of esters is 1. The van der Waals surface area contributed by atoms with Crippen molar-refractivity contribution in [1.82, 2.24) is 19.8 Å². The summed E-state index contributed by atoms with van der Waals surface area (Å²) in [7, 11) is 1.44. The molecule has 268 valence electrons. The Bertz CT molecular complexity index is 1420. The molecule has 2 unspecified atom stereocenters. The van der Waals surface area contributed by atoms with E-state index in [0.29, 0.717) is 37.3 Å². The average molecular weight is 759 g/mol. The number of aromatic nitrogens is 2. The van der Waals surface area contributed by atoms with Gasteiger partial charge in [0.2, 0.25) is 0 Å². The highest BCUT2D eigenvalue weighted by atomic mass is 79.9. The highest BCUT2D eigenvalue weighted by molar-refractivity contribution is 9.10. The van der Waals surface area contributed by atoms with Gasteiger partial charge in [-0.2, -0.15) is 9.97 Å². The number of likely N-dealkylation sites (tertiary alicyclic amines) is 1. The zero-order chi connectivity index (χ0) is 35.2. The molecule has 14 heteroatoms. The van der Waals surface area contributed by atoms with Gasteiger partial charge < -0.3 is 28.7 Å². The van der Waals surface area contributed by atoms with E-state index in [4.69, 9.17) is 30.5 Å². The van der Waals surface area contributed by atoms with Crippen LogP contribution in [0.1, 0.15) is 80.1 Å². The highest BCUT2D eigenvalue weighted by Crippen LogP contribution is 2.39. The minimum atomic E-state index is -0.560. The second kappa shape index (κ2) is 16.5. The molecule has 0 N–H and O–H groups in total. The van der Waals surface area contributed by atoms with Crippen molar-refractivity contribution in [1.29, 1.82) is 0 Å². The summed E-state index contributed by atoms with van der Waals surface area (Å²) >= 11 is 9.38. The van der Waals surface area contributed by atoms with Crippen LogP contribution in [0.25, 0.3) is 10.9 Å². The summed E-state index contributed by atoms with van der Waals surface area (Å²) in [4.78, 5) is 39.2. The van der Waals surface area contributed by atoms with Crippen LogP contribution in [0.3, 0.4) is 0 Å². The third kappa shape index (κ3) is 10.5. The first-order chi connectivity index (χ1) is 22.6. The number of anilines is 1. The van der Waals surface area contributed by atoms with E-state index < -0.39 is 17.0 Å². The van der Waals surface area contributed by atoms with E-state index in [1.165, 1.54) is 33.0 Å². The Labute approximate surface area is 296 Å². The largest absolute Gasteiger partial charge is 0.467 e. The summed E-state index contributed by atoms with van der Waals surface area (Å²) < 4.78 is 36.5. The molecule has 3 aliphatic heterocycles. The smallest absolute Gasteiger partial charge is 0.410 e.